The second-order valence-electron chi connectivity index (χ2n) is 3.73. The molecule has 1 fully saturated rings. The van der Waals surface area contributed by atoms with Gasteiger partial charge < -0.3 is 20.9 Å². The van der Waals surface area contributed by atoms with E-state index in [9.17, 15) is 9.59 Å². The molecule has 0 aliphatic carbocycles. The Morgan fingerprint density at radius 2 is 2.33 bits per heavy atom. The molecule has 4 N–H and O–H groups in total. The number of carboxylic acids is 1. The zero-order valence-corrected chi connectivity index (χ0v) is 8.66. The molecule has 1 aliphatic heterocycles. The average Bonchev–Trinajstić information content (AvgIpc) is 2.61. The summed E-state index contributed by atoms with van der Waals surface area (Å²) in [7, 11) is 0. The number of aliphatic carboxylic acids is 1. The quantitative estimate of drug-likeness (QED) is 0.564. The fourth-order valence-electron chi connectivity index (χ4n) is 1.40. The van der Waals surface area contributed by atoms with Crippen molar-refractivity contribution in [1.82, 2.24) is 5.32 Å². The number of amides is 1. The number of carbonyl (C=O) groups excluding carboxylic acids is 1. The zero-order valence-electron chi connectivity index (χ0n) is 8.66. The average molecular weight is 216 g/mol. The van der Waals surface area contributed by atoms with Gasteiger partial charge in [0.05, 0.1) is 6.61 Å². The van der Waals surface area contributed by atoms with E-state index in [0.717, 1.165) is 0 Å². The van der Waals surface area contributed by atoms with Crippen LogP contribution in [-0.4, -0.2) is 41.8 Å². The second-order valence-corrected chi connectivity index (χ2v) is 3.73. The van der Waals surface area contributed by atoms with Gasteiger partial charge >= 0.3 is 5.97 Å². The third-order valence-electron chi connectivity index (χ3n) is 2.52. The lowest BCUT2D eigenvalue weighted by Gasteiger charge is -2.23. The van der Waals surface area contributed by atoms with Crippen molar-refractivity contribution >= 4 is 11.9 Å². The molecule has 0 bridgehead atoms. The summed E-state index contributed by atoms with van der Waals surface area (Å²) in [5.41, 5.74) is 4.71. The molecule has 1 heterocycles. The van der Waals surface area contributed by atoms with Crippen LogP contribution in [0.4, 0.5) is 0 Å². The molecule has 6 heteroatoms. The van der Waals surface area contributed by atoms with Crippen molar-refractivity contribution in [3.05, 3.63) is 0 Å². The lowest BCUT2D eigenvalue weighted by Crippen LogP contribution is -2.57. The predicted octanol–water partition coefficient (Wildman–Crippen LogP) is -0.916. The van der Waals surface area contributed by atoms with Gasteiger partial charge in [-0.05, 0) is 12.8 Å². The van der Waals surface area contributed by atoms with Crippen LogP contribution >= 0.6 is 0 Å². The highest BCUT2D eigenvalue weighted by Crippen LogP contribution is 2.15. The first-order chi connectivity index (χ1) is 6.99. The van der Waals surface area contributed by atoms with Crippen LogP contribution < -0.4 is 11.1 Å². The van der Waals surface area contributed by atoms with Gasteiger partial charge in [-0.15, -0.1) is 0 Å². The summed E-state index contributed by atoms with van der Waals surface area (Å²) in [6.45, 7) is 2.27. The molecular weight excluding hydrogens is 200 g/mol. The van der Waals surface area contributed by atoms with E-state index in [4.69, 9.17) is 15.6 Å². The topological polar surface area (TPSA) is 102 Å². The van der Waals surface area contributed by atoms with Crippen LogP contribution in [0.5, 0.6) is 0 Å². The van der Waals surface area contributed by atoms with Crippen molar-refractivity contribution in [3.8, 4) is 0 Å². The molecule has 1 rings (SSSR count). The van der Waals surface area contributed by atoms with Crippen LogP contribution in [0.2, 0.25) is 0 Å². The number of carbonyl (C=O) groups is 2. The SMILES string of the molecule is CC[C@H](NC(=O)C1(N)CCOC1)C(=O)O. The van der Waals surface area contributed by atoms with Gasteiger partial charge in [0.15, 0.2) is 0 Å². The van der Waals surface area contributed by atoms with E-state index in [-0.39, 0.29) is 6.61 Å². The Balaban J connectivity index is 2.57. The van der Waals surface area contributed by atoms with Crippen LogP contribution in [0, 0.1) is 0 Å². The van der Waals surface area contributed by atoms with Crippen LogP contribution in [0.3, 0.4) is 0 Å². The monoisotopic (exact) mass is 216 g/mol. The van der Waals surface area contributed by atoms with E-state index >= 15 is 0 Å². The first-order valence-electron chi connectivity index (χ1n) is 4.90. The molecule has 0 aromatic heterocycles. The van der Waals surface area contributed by atoms with Gasteiger partial charge in [-0.2, -0.15) is 0 Å². The van der Waals surface area contributed by atoms with Crippen LogP contribution in [-0.2, 0) is 14.3 Å². The Morgan fingerprint density at radius 3 is 2.73 bits per heavy atom. The molecule has 1 saturated heterocycles. The summed E-state index contributed by atoms with van der Waals surface area (Å²) in [5, 5.41) is 11.2. The third kappa shape index (κ3) is 2.66. The molecule has 0 aromatic rings. The van der Waals surface area contributed by atoms with Gasteiger partial charge in [-0.3, -0.25) is 4.79 Å². The molecule has 0 saturated carbocycles. The number of carboxylic acid groups (broad SMARTS) is 1. The lowest BCUT2D eigenvalue weighted by atomic mass is 9.98. The van der Waals surface area contributed by atoms with E-state index in [1.807, 2.05) is 0 Å². The van der Waals surface area contributed by atoms with E-state index in [1.54, 1.807) is 6.92 Å². The Bertz CT molecular complexity index is 261. The molecule has 1 unspecified atom stereocenters. The van der Waals surface area contributed by atoms with E-state index in [2.05, 4.69) is 5.32 Å². The highest BCUT2D eigenvalue weighted by Gasteiger charge is 2.39. The normalized spacial score (nSPS) is 27.3. The highest BCUT2D eigenvalue weighted by molar-refractivity contribution is 5.90. The Morgan fingerprint density at radius 1 is 1.67 bits per heavy atom. The maximum Gasteiger partial charge on any atom is 0.326 e. The Hall–Kier alpha value is -1.14. The molecule has 0 radical (unpaired) electrons. The van der Waals surface area contributed by atoms with Crippen LogP contribution in [0.15, 0.2) is 0 Å². The number of ether oxygens (including phenoxy) is 1. The van der Waals surface area contributed by atoms with Crippen LogP contribution in [0.1, 0.15) is 19.8 Å². The number of nitrogens with one attached hydrogen (secondary N) is 1. The number of rotatable bonds is 4. The van der Waals surface area contributed by atoms with Gasteiger partial charge in [-0.1, -0.05) is 6.92 Å². The van der Waals surface area contributed by atoms with Crippen molar-refractivity contribution in [1.29, 1.82) is 0 Å². The molecule has 0 aromatic carbocycles. The van der Waals surface area contributed by atoms with Crippen molar-refractivity contribution in [2.24, 2.45) is 5.73 Å². The third-order valence-corrected chi connectivity index (χ3v) is 2.52. The predicted molar refractivity (Wildman–Crippen MR) is 52.2 cm³/mol. The molecule has 1 amide bonds. The fraction of sp³-hybridized carbons (Fsp3) is 0.778. The summed E-state index contributed by atoms with van der Waals surface area (Å²) in [6, 6.07) is -0.876. The lowest BCUT2D eigenvalue weighted by molar-refractivity contribution is -0.142. The molecule has 0 spiro atoms. The first-order valence-corrected chi connectivity index (χ1v) is 4.90. The number of nitrogens with two attached hydrogens (primary N) is 1. The summed E-state index contributed by atoms with van der Waals surface area (Å²) >= 11 is 0. The summed E-state index contributed by atoms with van der Waals surface area (Å²) in [4.78, 5) is 22.4. The van der Waals surface area contributed by atoms with Crippen molar-refractivity contribution in [2.75, 3.05) is 13.2 Å². The Labute approximate surface area is 87.8 Å². The van der Waals surface area contributed by atoms with Gasteiger partial charge in [0.2, 0.25) is 5.91 Å². The summed E-state index contributed by atoms with van der Waals surface area (Å²) in [6.07, 6.45) is 0.757. The zero-order chi connectivity index (χ0) is 11.5. The molecule has 15 heavy (non-hydrogen) atoms. The van der Waals surface area contributed by atoms with Gasteiger partial charge in [-0.25, -0.2) is 4.79 Å². The Kier molecular flexibility index (Phi) is 3.65. The number of hydrogen-bond donors (Lipinski definition) is 3. The molecule has 86 valence electrons. The first kappa shape index (κ1) is 11.9. The minimum absolute atomic E-state index is 0.148. The molecule has 1 aliphatic rings. The van der Waals surface area contributed by atoms with Crippen molar-refractivity contribution < 1.29 is 19.4 Å². The number of hydrogen-bond acceptors (Lipinski definition) is 4. The minimum Gasteiger partial charge on any atom is -0.480 e. The minimum atomic E-state index is -1.07. The maximum atomic E-state index is 11.7. The maximum absolute atomic E-state index is 11.7. The fourth-order valence-corrected chi connectivity index (χ4v) is 1.40. The van der Waals surface area contributed by atoms with E-state index < -0.39 is 23.5 Å². The van der Waals surface area contributed by atoms with Crippen LogP contribution in [0.25, 0.3) is 0 Å². The van der Waals surface area contributed by atoms with E-state index in [0.29, 0.717) is 19.4 Å². The van der Waals surface area contributed by atoms with Gasteiger partial charge in [0.1, 0.15) is 11.6 Å². The van der Waals surface area contributed by atoms with Gasteiger partial charge in [0.25, 0.3) is 0 Å². The van der Waals surface area contributed by atoms with E-state index in [1.165, 1.54) is 0 Å². The van der Waals surface area contributed by atoms with Gasteiger partial charge in [0, 0.05) is 6.61 Å². The summed E-state index contributed by atoms with van der Waals surface area (Å²) in [5.74, 6) is -1.50. The van der Waals surface area contributed by atoms with Crippen molar-refractivity contribution in [2.45, 2.75) is 31.3 Å². The molecule has 6 nitrogen and oxygen atoms in total. The second kappa shape index (κ2) is 4.59. The summed E-state index contributed by atoms with van der Waals surface area (Å²) < 4.78 is 5.02. The van der Waals surface area contributed by atoms with Crippen molar-refractivity contribution in [3.63, 3.8) is 0 Å². The molecule has 2 atom stereocenters. The highest BCUT2D eigenvalue weighted by atomic mass is 16.5. The smallest absolute Gasteiger partial charge is 0.326 e. The largest absolute Gasteiger partial charge is 0.480 e. The molecular formula is C9H16N2O4. The standard InChI is InChI=1S/C9H16N2O4/c1-2-6(7(12)13)11-8(14)9(10)3-4-15-5-9/h6H,2-5,10H2,1H3,(H,11,14)(H,12,13)/t6-,9?/m0/s1.